The van der Waals surface area contributed by atoms with Crippen molar-refractivity contribution in [2.75, 3.05) is 22.9 Å². The second kappa shape index (κ2) is 5.98. The van der Waals surface area contributed by atoms with E-state index in [9.17, 15) is 0 Å². The van der Waals surface area contributed by atoms with Gasteiger partial charge < -0.3 is 16.4 Å². The minimum atomic E-state index is 0.103. The zero-order chi connectivity index (χ0) is 18.4. The maximum absolute atomic E-state index is 6.00. The van der Waals surface area contributed by atoms with Crippen LogP contribution in [0.25, 0.3) is 11.0 Å². The number of anilines is 4. The van der Waals surface area contributed by atoms with Crippen molar-refractivity contribution in [3.8, 4) is 0 Å². The summed E-state index contributed by atoms with van der Waals surface area (Å²) in [6.07, 6.45) is 2.58. The van der Waals surface area contributed by atoms with Gasteiger partial charge in [-0.25, -0.2) is 4.68 Å². The molecule has 1 aliphatic heterocycles. The van der Waals surface area contributed by atoms with E-state index in [-0.39, 0.29) is 12.0 Å². The predicted molar refractivity (Wildman–Crippen MR) is 107 cm³/mol. The highest BCUT2D eigenvalue weighted by atomic mass is 15.3. The Bertz CT molecular complexity index is 1120. The van der Waals surface area contributed by atoms with Crippen molar-refractivity contribution >= 4 is 34.2 Å². The van der Waals surface area contributed by atoms with Crippen molar-refractivity contribution in [3.05, 3.63) is 66.4 Å². The maximum Gasteiger partial charge on any atom is 0.224 e. The van der Waals surface area contributed by atoms with Crippen LogP contribution in [0.5, 0.6) is 0 Å². The van der Waals surface area contributed by atoms with Crippen molar-refractivity contribution < 1.29 is 0 Å². The molecule has 0 radical (unpaired) electrons. The van der Waals surface area contributed by atoms with Crippen molar-refractivity contribution in [1.82, 2.24) is 19.7 Å². The van der Waals surface area contributed by atoms with E-state index in [1.165, 1.54) is 11.3 Å². The Kier molecular flexibility index (Phi) is 3.46. The Labute approximate surface area is 156 Å². The van der Waals surface area contributed by atoms with Gasteiger partial charge in [0.1, 0.15) is 5.82 Å². The van der Waals surface area contributed by atoms with Gasteiger partial charge in [0, 0.05) is 17.9 Å². The number of rotatable bonds is 2. The van der Waals surface area contributed by atoms with Crippen molar-refractivity contribution in [1.29, 1.82) is 0 Å². The highest BCUT2D eigenvalue weighted by molar-refractivity contribution is 5.86. The molecule has 4 N–H and O–H groups in total. The minimum absolute atomic E-state index is 0.103. The molecule has 1 aliphatic rings. The lowest BCUT2D eigenvalue weighted by molar-refractivity contribution is 0.455. The van der Waals surface area contributed by atoms with Gasteiger partial charge in [0.05, 0.1) is 17.6 Å². The molecule has 0 fully saturated rings. The van der Waals surface area contributed by atoms with Crippen LogP contribution in [0, 0.1) is 0 Å². The molecule has 4 aromatic rings. The van der Waals surface area contributed by atoms with E-state index in [4.69, 9.17) is 11.5 Å². The first-order chi connectivity index (χ1) is 13.2. The molecule has 1 unspecified atom stereocenters. The summed E-state index contributed by atoms with van der Waals surface area (Å²) < 4.78 is 1.93. The summed E-state index contributed by atoms with van der Waals surface area (Å²) in [5.74, 6) is 0.526. The molecule has 3 heterocycles. The number of hydrogen-bond donors (Lipinski definition) is 2. The number of aromatic nitrogens is 4. The monoisotopic (exact) mass is 357 g/mol. The van der Waals surface area contributed by atoms with Crippen molar-refractivity contribution in [2.45, 2.75) is 12.5 Å². The highest BCUT2D eigenvalue weighted by Crippen LogP contribution is 2.37. The second-order valence-corrected chi connectivity index (χ2v) is 6.73. The van der Waals surface area contributed by atoms with Crippen LogP contribution in [-0.4, -0.2) is 26.3 Å². The van der Waals surface area contributed by atoms with Crippen LogP contribution in [0.2, 0.25) is 0 Å². The van der Waals surface area contributed by atoms with Gasteiger partial charge >= 0.3 is 0 Å². The molecular weight excluding hydrogens is 338 g/mol. The van der Waals surface area contributed by atoms with E-state index < -0.39 is 0 Å². The third kappa shape index (κ3) is 2.55. The van der Waals surface area contributed by atoms with Crippen LogP contribution in [0.1, 0.15) is 11.6 Å². The summed E-state index contributed by atoms with van der Waals surface area (Å²) in [5.41, 5.74) is 16.2. The fraction of sp³-hybridized carbons (Fsp3) is 0.150. The minimum Gasteiger partial charge on any atom is -0.383 e. The van der Waals surface area contributed by atoms with Crippen LogP contribution < -0.4 is 16.4 Å². The molecular formula is C20H19N7. The van der Waals surface area contributed by atoms with Crippen molar-refractivity contribution in [3.63, 3.8) is 0 Å². The van der Waals surface area contributed by atoms with Gasteiger partial charge in [-0.15, -0.1) is 0 Å². The summed E-state index contributed by atoms with van der Waals surface area (Å²) in [4.78, 5) is 10.8. The smallest absolute Gasteiger partial charge is 0.224 e. The van der Waals surface area contributed by atoms with Crippen LogP contribution >= 0.6 is 0 Å². The molecule has 0 bridgehead atoms. The Morgan fingerprint density at radius 1 is 0.926 bits per heavy atom. The standard InChI is InChI=1S/C20H19N7/c21-18-16-11-23-27(19(16)25-20(22)24-18)15-10-13-6-4-5-9-17(13)26(12-15)14-7-2-1-3-8-14/h1-9,11,15H,10,12H2,(H4,21,22,24,25). The number of nitrogens with zero attached hydrogens (tertiary/aromatic N) is 5. The molecule has 134 valence electrons. The van der Waals surface area contributed by atoms with Crippen LogP contribution in [-0.2, 0) is 6.42 Å². The number of fused-ring (bicyclic) bond motifs is 2. The number of hydrogen-bond acceptors (Lipinski definition) is 6. The molecule has 0 aliphatic carbocycles. The fourth-order valence-electron chi connectivity index (χ4n) is 3.82. The Balaban J connectivity index is 1.63. The molecule has 0 saturated carbocycles. The van der Waals surface area contributed by atoms with Crippen LogP contribution in [0.15, 0.2) is 60.8 Å². The van der Waals surface area contributed by atoms with E-state index in [1.807, 2.05) is 10.7 Å². The lowest BCUT2D eigenvalue weighted by atomic mass is 9.97. The van der Waals surface area contributed by atoms with Gasteiger partial charge in [0.15, 0.2) is 5.65 Å². The average molecular weight is 357 g/mol. The van der Waals surface area contributed by atoms with E-state index >= 15 is 0 Å². The molecule has 27 heavy (non-hydrogen) atoms. The quantitative estimate of drug-likeness (QED) is 0.572. The zero-order valence-corrected chi connectivity index (χ0v) is 14.7. The second-order valence-electron chi connectivity index (χ2n) is 6.73. The summed E-state index contributed by atoms with van der Waals surface area (Å²) >= 11 is 0. The van der Waals surface area contributed by atoms with Crippen LogP contribution in [0.3, 0.4) is 0 Å². The number of para-hydroxylation sites is 2. The van der Waals surface area contributed by atoms with Gasteiger partial charge in [0.2, 0.25) is 5.95 Å². The largest absolute Gasteiger partial charge is 0.383 e. The molecule has 2 aromatic carbocycles. The normalized spacial score (nSPS) is 16.4. The molecule has 7 nitrogen and oxygen atoms in total. The summed E-state index contributed by atoms with van der Waals surface area (Å²) in [6, 6.07) is 19.0. The Morgan fingerprint density at radius 3 is 2.56 bits per heavy atom. The zero-order valence-electron chi connectivity index (χ0n) is 14.7. The molecule has 0 saturated heterocycles. The summed E-state index contributed by atoms with van der Waals surface area (Å²) in [6.45, 7) is 0.779. The SMILES string of the molecule is Nc1nc(N)c2cnn(C3Cc4ccccc4N(c4ccccc4)C3)c2n1. The van der Waals surface area contributed by atoms with Gasteiger partial charge in [-0.2, -0.15) is 15.1 Å². The maximum atomic E-state index is 6.00. The Morgan fingerprint density at radius 2 is 1.70 bits per heavy atom. The van der Waals surface area contributed by atoms with Gasteiger partial charge in [-0.3, -0.25) is 0 Å². The summed E-state index contributed by atoms with van der Waals surface area (Å²) in [7, 11) is 0. The number of nitrogens with two attached hydrogens (primary N) is 2. The summed E-state index contributed by atoms with van der Waals surface area (Å²) in [5, 5.41) is 5.30. The lowest BCUT2D eigenvalue weighted by Crippen LogP contribution is -2.34. The Hall–Kier alpha value is -3.61. The first kappa shape index (κ1) is 15.6. The third-order valence-electron chi connectivity index (χ3n) is 5.05. The molecule has 7 heteroatoms. The lowest BCUT2D eigenvalue weighted by Gasteiger charge is -2.36. The predicted octanol–water partition coefficient (Wildman–Crippen LogP) is 2.93. The number of benzene rings is 2. The fourth-order valence-corrected chi connectivity index (χ4v) is 3.82. The molecule has 0 spiro atoms. The van der Waals surface area contributed by atoms with E-state index in [1.54, 1.807) is 6.20 Å². The number of nitrogen functional groups attached to an aromatic ring is 2. The van der Waals surface area contributed by atoms with E-state index in [0.717, 1.165) is 24.0 Å². The first-order valence-electron chi connectivity index (χ1n) is 8.87. The third-order valence-corrected chi connectivity index (χ3v) is 5.05. The average Bonchev–Trinajstić information content (AvgIpc) is 3.12. The van der Waals surface area contributed by atoms with Crippen molar-refractivity contribution in [2.24, 2.45) is 0 Å². The molecule has 2 aromatic heterocycles. The highest BCUT2D eigenvalue weighted by Gasteiger charge is 2.28. The topological polar surface area (TPSA) is 98.9 Å². The molecule has 5 rings (SSSR count). The van der Waals surface area contributed by atoms with Gasteiger partial charge in [0.25, 0.3) is 0 Å². The van der Waals surface area contributed by atoms with E-state index in [2.05, 4.69) is 68.5 Å². The molecule has 1 atom stereocenters. The van der Waals surface area contributed by atoms with E-state index in [0.29, 0.717) is 11.5 Å². The van der Waals surface area contributed by atoms with Gasteiger partial charge in [-0.05, 0) is 30.2 Å². The van der Waals surface area contributed by atoms with Crippen LogP contribution in [0.4, 0.5) is 23.1 Å². The van der Waals surface area contributed by atoms with Gasteiger partial charge in [-0.1, -0.05) is 36.4 Å². The molecule has 0 amide bonds. The first-order valence-corrected chi connectivity index (χ1v) is 8.87.